The molecule has 1 rings (SSSR count). The molecule has 12 heavy (non-hydrogen) atoms. The van der Waals surface area contributed by atoms with Gasteiger partial charge in [-0.05, 0) is 36.6 Å². The minimum atomic E-state index is 0.558. The molecule has 1 aromatic carbocycles. The SMILES string of the molecule is Cc1cc(N)cc(CCC#N)c1. The lowest BCUT2D eigenvalue weighted by Crippen LogP contribution is -1.90. The van der Waals surface area contributed by atoms with E-state index < -0.39 is 0 Å². The summed E-state index contributed by atoms with van der Waals surface area (Å²) in [6, 6.07) is 8.02. The van der Waals surface area contributed by atoms with Crippen LogP contribution in [0, 0.1) is 18.3 Å². The lowest BCUT2D eigenvalue weighted by molar-refractivity contribution is 1.01. The van der Waals surface area contributed by atoms with E-state index in [0.29, 0.717) is 6.42 Å². The summed E-state index contributed by atoms with van der Waals surface area (Å²) >= 11 is 0. The van der Waals surface area contributed by atoms with Crippen molar-refractivity contribution >= 4 is 5.69 Å². The molecule has 0 spiro atoms. The highest BCUT2D eigenvalue weighted by Gasteiger charge is 1.95. The Bertz CT molecular complexity index is 290. The molecule has 0 saturated carbocycles. The van der Waals surface area contributed by atoms with Crippen molar-refractivity contribution in [3.63, 3.8) is 0 Å². The fourth-order valence-electron chi connectivity index (χ4n) is 1.24. The van der Waals surface area contributed by atoms with Gasteiger partial charge in [0.25, 0.3) is 0 Å². The number of anilines is 1. The third-order valence-corrected chi connectivity index (χ3v) is 1.68. The normalized spacial score (nSPS) is 9.33. The molecule has 2 N–H and O–H groups in total. The molecule has 2 heteroatoms. The van der Waals surface area contributed by atoms with Gasteiger partial charge in [0, 0.05) is 12.1 Å². The predicted molar refractivity (Wildman–Crippen MR) is 49.5 cm³/mol. The van der Waals surface area contributed by atoms with Gasteiger partial charge in [0.1, 0.15) is 0 Å². The zero-order valence-corrected chi connectivity index (χ0v) is 7.17. The van der Waals surface area contributed by atoms with Crippen molar-refractivity contribution in [2.24, 2.45) is 0 Å². The van der Waals surface area contributed by atoms with Crippen molar-refractivity contribution in [2.45, 2.75) is 19.8 Å². The van der Waals surface area contributed by atoms with Crippen molar-refractivity contribution in [3.8, 4) is 6.07 Å². The number of nitriles is 1. The molecule has 0 bridgehead atoms. The molecule has 0 unspecified atom stereocenters. The summed E-state index contributed by atoms with van der Waals surface area (Å²) in [5.41, 5.74) is 8.73. The largest absolute Gasteiger partial charge is 0.399 e. The first kappa shape index (κ1) is 8.61. The fourth-order valence-corrected chi connectivity index (χ4v) is 1.24. The van der Waals surface area contributed by atoms with Gasteiger partial charge in [-0.3, -0.25) is 0 Å². The van der Waals surface area contributed by atoms with E-state index in [2.05, 4.69) is 12.1 Å². The maximum absolute atomic E-state index is 8.38. The summed E-state index contributed by atoms with van der Waals surface area (Å²) in [4.78, 5) is 0. The lowest BCUT2D eigenvalue weighted by atomic mass is 10.1. The first-order valence-electron chi connectivity index (χ1n) is 3.95. The summed E-state index contributed by atoms with van der Waals surface area (Å²) in [5.74, 6) is 0. The first-order chi connectivity index (χ1) is 5.72. The Morgan fingerprint density at radius 1 is 1.42 bits per heavy atom. The number of nitrogens with zero attached hydrogens (tertiary/aromatic N) is 1. The molecule has 0 aliphatic carbocycles. The van der Waals surface area contributed by atoms with Gasteiger partial charge >= 0.3 is 0 Å². The van der Waals surface area contributed by atoms with Crippen LogP contribution in [-0.2, 0) is 6.42 Å². The van der Waals surface area contributed by atoms with Crippen LogP contribution < -0.4 is 5.73 Å². The maximum Gasteiger partial charge on any atom is 0.0625 e. The van der Waals surface area contributed by atoms with Gasteiger partial charge in [0.15, 0.2) is 0 Å². The van der Waals surface area contributed by atoms with E-state index >= 15 is 0 Å². The van der Waals surface area contributed by atoms with Gasteiger partial charge in [-0.25, -0.2) is 0 Å². The minimum absolute atomic E-state index is 0.558. The molecule has 0 aromatic heterocycles. The molecule has 0 aliphatic heterocycles. The second-order valence-electron chi connectivity index (χ2n) is 2.91. The second kappa shape index (κ2) is 3.77. The van der Waals surface area contributed by atoms with Gasteiger partial charge in [-0.2, -0.15) is 5.26 Å². The minimum Gasteiger partial charge on any atom is -0.399 e. The van der Waals surface area contributed by atoms with E-state index in [0.717, 1.165) is 23.2 Å². The zero-order chi connectivity index (χ0) is 8.97. The van der Waals surface area contributed by atoms with Crippen LogP contribution in [0.15, 0.2) is 18.2 Å². The van der Waals surface area contributed by atoms with Crippen molar-refractivity contribution in [3.05, 3.63) is 29.3 Å². The van der Waals surface area contributed by atoms with E-state index in [-0.39, 0.29) is 0 Å². The van der Waals surface area contributed by atoms with E-state index in [1.54, 1.807) is 0 Å². The number of benzene rings is 1. The number of hydrogen-bond donors (Lipinski definition) is 1. The van der Waals surface area contributed by atoms with Crippen molar-refractivity contribution in [2.75, 3.05) is 5.73 Å². The van der Waals surface area contributed by atoms with E-state index in [1.165, 1.54) is 0 Å². The molecule has 0 atom stereocenters. The summed E-state index contributed by atoms with van der Waals surface area (Å²) < 4.78 is 0. The maximum atomic E-state index is 8.38. The Labute approximate surface area is 72.6 Å². The number of nitrogen functional groups attached to an aromatic ring is 1. The van der Waals surface area contributed by atoms with Crippen LogP contribution in [-0.4, -0.2) is 0 Å². The number of rotatable bonds is 2. The molecule has 0 heterocycles. The molecule has 0 aliphatic rings. The molecule has 1 aromatic rings. The van der Waals surface area contributed by atoms with Gasteiger partial charge in [0.2, 0.25) is 0 Å². The monoisotopic (exact) mass is 160 g/mol. The molecule has 2 nitrogen and oxygen atoms in total. The van der Waals surface area contributed by atoms with E-state index in [4.69, 9.17) is 11.0 Å². The van der Waals surface area contributed by atoms with Crippen LogP contribution in [0.5, 0.6) is 0 Å². The molecular formula is C10H12N2. The van der Waals surface area contributed by atoms with E-state index in [9.17, 15) is 0 Å². The lowest BCUT2D eigenvalue weighted by Gasteiger charge is -2.01. The quantitative estimate of drug-likeness (QED) is 0.673. The standard InChI is InChI=1S/C10H12N2/c1-8-5-9(3-2-4-11)7-10(12)6-8/h5-7H,2-3,12H2,1H3. The molecule has 0 saturated heterocycles. The average molecular weight is 160 g/mol. The van der Waals surface area contributed by atoms with Gasteiger partial charge in [-0.15, -0.1) is 0 Å². The molecule has 0 radical (unpaired) electrons. The highest BCUT2D eigenvalue weighted by molar-refractivity contribution is 5.44. The highest BCUT2D eigenvalue weighted by Crippen LogP contribution is 2.12. The van der Waals surface area contributed by atoms with Crippen molar-refractivity contribution in [1.82, 2.24) is 0 Å². The Morgan fingerprint density at radius 2 is 2.17 bits per heavy atom. The van der Waals surface area contributed by atoms with Crippen LogP contribution in [0.3, 0.4) is 0 Å². The van der Waals surface area contributed by atoms with Crippen LogP contribution >= 0.6 is 0 Å². The molecular weight excluding hydrogens is 148 g/mol. The smallest absolute Gasteiger partial charge is 0.0625 e. The van der Waals surface area contributed by atoms with Crippen LogP contribution in [0.2, 0.25) is 0 Å². The van der Waals surface area contributed by atoms with E-state index in [1.807, 2.05) is 19.1 Å². The molecule has 0 amide bonds. The zero-order valence-electron chi connectivity index (χ0n) is 7.17. The molecule has 62 valence electrons. The Morgan fingerprint density at radius 3 is 2.75 bits per heavy atom. The Kier molecular flexibility index (Phi) is 2.71. The summed E-state index contributed by atoms with van der Waals surface area (Å²) in [6.45, 7) is 2.01. The second-order valence-corrected chi connectivity index (χ2v) is 2.91. The third kappa shape index (κ3) is 2.28. The Hall–Kier alpha value is -1.49. The van der Waals surface area contributed by atoms with Crippen LogP contribution in [0.4, 0.5) is 5.69 Å². The highest BCUT2D eigenvalue weighted by atomic mass is 14.5. The number of aryl methyl sites for hydroxylation is 2. The van der Waals surface area contributed by atoms with Crippen LogP contribution in [0.1, 0.15) is 17.5 Å². The first-order valence-corrected chi connectivity index (χ1v) is 3.95. The Balaban J connectivity index is 2.80. The number of nitrogens with two attached hydrogens (primary N) is 1. The van der Waals surface area contributed by atoms with Gasteiger partial charge in [-0.1, -0.05) is 6.07 Å². The predicted octanol–water partition coefficient (Wildman–Crippen LogP) is 2.03. The van der Waals surface area contributed by atoms with Gasteiger partial charge in [0.05, 0.1) is 6.07 Å². The topological polar surface area (TPSA) is 49.8 Å². The number of hydrogen-bond acceptors (Lipinski definition) is 2. The van der Waals surface area contributed by atoms with Crippen LogP contribution in [0.25, 0.3) is 0 Å². The summed E-state index contributed by atoms with van der Waals surface area (Å²) in [7, 11) is 0. The fraction of sp³-hybridized carbons (Fsp3) is 0.300. The van der Waals surface area contributed by atoms with Crippen molar-refractivity contribution < 1.29 is 0 Å². The third-order valence-electron chi connectivity index (χ3n) is 1.68. The summed E-state index contributed by atoms with van der Waals surface area (Å²) in [5, 5.41) is 8.38. The molecule has 0 fully saturated rings. The van der Waals surface area contributed by atoms with Crippen molar-refractivity contribution in [1.29, 1.82) is 5.26 Å². The van der Waals surface area contributed by atoms with Gasteiger partial charge < -0.3 is 5.73 Å². The average Bonchev–Trinajstić information content (AvgIpc) is 1.99. The summed E-state index contributed by atoms with van der Waals surface area (Å²) in [6.07, 6.45) is 1.35.